The lowest BCUT2D eigenvalue weighted by Gasteiger charge is -2.28. The van der Waals surface area contributed by atoms with Crippen LogP contribution in [0, 0.1) is 0 Å². The number of carbonyl (C=O) groups excluding carboxylic acids is 1. The summed E-state index contributed by atoms with van der Waals surface area (Å²) < 4.78 is 29.0. The van der Waals surface area contributed by atoms with Gasteiger partial charge >= 0.3 is 0 Å². The van der Waals surface area contributed by atoms with Crippen molar-refractivity contribution < 1.29 is 17.9 Å². The fraction of sp³-hybridized carbons (Fsp3) is 0.316. The van der Waals surface area contributed by atoms with E-state index in [0.717, 1.165) is 5.56 Å². The van der Waals surface area contributed by atoms with E-state index in [9.17, 15) is 13.2 Å². The molecule has 1 aliphatic heterocycles. The maximum Gasteiger partial charge on any atom is 0.254 e. The van der Waals surface area contributed by atoms with Gasteiger partial charge in [0, 0.05) is 18.2 Å². The van der Waals surface area contributed by atoms with E-state index in [-0.39, 0.29) is 23.5 Å². The highest BCUT2D eigenvalue weighted by Crippen LogP contribution is 2.23. The molecule has 132 valence electrons. The highest BCUT2D eigenvalue weighted by Gasteiger charge is 2.35. The molecule has 1 atom stereocenters. The van der Waals surface area contributed by atoms with Crippen LogP contribution in [0.1, 0.15) is 22.3 Å². The molecule has 2 aromatic carbocycles. The lowest BCUT2D eigenvalue weighted by molar-refractivity contribution is 0.0681. The molecule has 1 amide bonds. The fourth-order valence-corrected chi connectivity index (χ4v) is 4.83. The van der Waals surface area contributed by atoms with Crippen molar-refractivity contribution in [1.29, 1.82) is 0 Å². The molecule has 0 N–H and O–H groups in total. The molecule has 1 saturated heterocycles. The number of sulfone groups is 1. The SMILES string of the molecule is COc1cccc(CN(C(=O)c2ccccc2)[C@@H]2CCS(=O)(=O)C2)c1. The summed E-state index contributed by atoms with van der Waals surface area (Å²) in [6.45, 7) is 0.352. The summed E-state index contributed by atoms with van der Waals surface area (Å²) >= 11 is 0. The Kier molecular flexibility index (Phi) is 5.08. The summed E-state index contributed by atoms with van der Waals surface area (Å²) in [7, 11) is -1.49. The quantitative estimate of drug-likeness (QED) is 0.823. The third kappa shape index (κ3) is 4.20. The zero-order chi connectivity index (χ0) is 17.9. The van der Waals surface area contributed by atoms with Crippen molar-refractivity contribution in [2.45, 2.75) is 19.0 Å². The maximum absolute atomic E-state index is 13.0. The van der Waals surface area contributed by atoms with Crippen LogP contribution in [0.3, 0.4) is 0 Å². The van der Waals surface area contributed by atoms with Gasteiger partial charge in [0.25, 0.3) is 5.91 Å². The molecule has 25 heavy (non-hydrogen) atoms. The number of amides is 1. The van der Waals surface area contributed by atoms with Gasteiger partial charge in [-0.05, 0) is 36.2 Å². The number of methoxy groups -OCH3 is 1. The van der Waals surface area contributed by atoms with Gasteiger partial charge < -0.3 is 9.64 Å². The molecular formula is C19H21NO4S. The lowest BCUT2D eigenvalue weighted by atomic mass is 10.1. The number of benzene rings is 2. The Balaban J connectivity index is 1.90. The molecule has 0 aliphatic carbocycles. The molecule has 1 heterocycles. The van der Waals surface area contributed by atoms with E-state index < -0.39 is 9.84 Å². The number of nitrogens with zero attached hydrogens (tertiary/aromatic N) is 1. The third-order valence-corrected chi connectivity index (χ3v) is 6.17. The minimum atomic E-state index is -3.08. The van der Waals surface area contributed by atoms with Gasteiger partial charge in [0.1, 0.15) is 5.75 Å². The number of rotatable bonds is 5. The Hall–Kier alpha value is -2.34. The molecule has 5 nitrogen and oxygen atoms in total. The summed E-state index contributed by atoms with van der Waals surface area (Å²) in [4.78, 5) is 14.7. The molecule has 0 saturated carbocycles. The monoisotopic (exact) mass is 359 g/mol. The van der Waals surface area contributed by atoms with Crippen LogP contribution in [0.5, 0.6) is 5.75 Å². The van der Waals surface area contributed by atoms with E-state index >= 15 is 0 Å². The predicted molar refractivity (Wildman–Crippen MR) is 96.4 cm³/mol. The fourth-order valence-electron chi connectivity index (χ4n) is 3.10. The van der Waals surface area contributed by atoms with Gasteiger partial charge in [-0.1, -0.05) is 30.3 Å². The molecule has 1 fully saturated rings. The molecule has 0 aromatic heterocycles. The van der Waals surface area contributed by atoms with Gasteiger partial charge in [0.05, 0.1) is 18.6 Å². The Morgan fingerprint density at radius 3 is 2.56 bits per heavy atom. The summed E-state index contributed by atoms with van der Waals surface area (Å²) in [6.07, 6.45) is 0.477. The van der Waals surface area contributed by atoms with Crippen LogP contribution in [0.4, 0.5) is 0 Å². The molecule has 0 radical (unpaired) electrons. The first-order valence-corrected chi connectivity index (χ1v) is 10.00. The van der Waals surface area contributed by atoms with Crippen molar-refractivity contribution in [2.24, 2.45) is 0 Å². The minimum Gasteiger partial charge on any atom is -0.497 e. The Labute approximate surface area is 148 Å². The molecule has 0 spiro atoms. The first-order chi connectivity index (χ1) is 12.0. The summed E-state index contributed by atoms with van der Waals surface area (Å²) in [5.41, 5.74) is 1.47. The smallest absolute Gasteiger partial charge is 0.254 e. The number of hydrogen-bond acceptors (Lipinski definition) is 4. The number of ether oxygens (including phenoxy) is 1. The van der Waals surface area contributed by atoms with Crippen LogP contribution < -0.4 is 4.74 Å². The zero-order valence-corrected chi connectivity index (χ0v) is 14.9. The van der Waals surface area contributed by atoms with Gasteiger partial charge in [-0.2, -0.15) is 0 Å². The maximum atomic E-state index is 13.0. The second kappa shape index (κ2) is 7.27. The van der Waals surface area contributed by atoms with Crippen molar-refractivity contribution in [3.8, 4) is 5.75 Å². The molecule has 1 aliphatic rings. The zero-order valence-electron chi connectivity index (χ0n) is 14.1. The molecule has 6 heteroatoms. The van der Waals surface area contributed by atoms with Crippen molar-refractivity contribution >= 4 is 15.7 Å². The number of carbonyl (C=O) groups is 1. The van der Waals surface area contributed by atoms with E-state index in [4.69, 9.17) is 4.74 Å². The van der Waals surface area contributed by atoms with E-state index in [1.807, 2.05) is 42.5 Å². The van der Waals surface area contributed by atoms with Crippen LogP contribution in [-0.2, 0) is 16.4 Å². The Bertz CT molecular complexity index is 849. The largest absolute Gasteiger partial charge is 0.497 e. The molecule has 2 aromatic rings. The molecule has 0 unspecified atom stereocenters. The average Bonchev–Trinajstić information content (AvgIpc) is 2.99. The van der Waals surface area contributed by atoms with Crippen LogP contribution in [-0.4, -0.2) is 43.9 Å². The van der Waals surface area contributed by atoms with Gasteiger partial charge in [-0.25, -0.2) is 8.42 Å². The third-order valence-electron chi connectivity index (χ3n) is 4.42. The lowest BCUT2D eigenvalue weighted by Crippen LogP contribution is -2.40. The normalized spacial score (nSPS) is 18.7. The highest BCUT2D eigenvalue weighted by atomic mass is 32.2. The standard InChI is InChI=1S/C19H21NO4S/c1-24-18-9-5-6-15(12-18)13-20(17-10-11-25(22,23)14-17)19(21)16-7-3-2-4-8-16/h2-9,12,17H,10-11,13-14H2,1H3/t17-/m1/s1. The van der Waals surface area contributed by atoms with Gasteiger partial charge in [-0.15, -0.1) is 0 Å². The van der Waals surface area contributed by atoms with E-state index in [1.165, 1.54) is 0 Å². The van der Waals surface area contributed by atoms with Crippen LogP contribution in [0.25, 0.3) is 0 Å². The second-order valence-electron chi connectivity index (χ2n) is 6.21. The van der Waals surface area contributed by atoms with E-state index in [2.05, 4.69) is 0 Å². The van der Waals surface area contributed by atoms with E-state index in [0.29, 0.717) is 24.3 Å². The average molecular weight is 359 g/mol. The topological polar surface area (TPSA) is 63.7 Å². The van der Waals surface area contributed by atoms with Crippen LogP contribution in [0.15, 0.2) is 54.6 Å². The molecule has 3 rings (SSSR count). The van der Waals surface area contributed by atoms with Gasteiger partial charge in [-0.3, -0.25) is 4.79 Å². The van der Waals surface area contributed by atoms with E-state index in [1.54, 1.807) is 24.1 Å². The Morgan fingerprint density at radius 2 is 1.92 bits per heavy atom. The highest BCUT2D eigenvalue weighted by molar-refractivity contribution is 7.91. The minimum absolute atomic E-state index is 0.0234. The summed E-state index contributed by atoms with van der Waals surface area (Å²) in [5, 5.41) is 0. The second-order valence-corrected chi connectivity index (χ2v) is 8.44. The van der Waals surface area contributed by atoms with Crippen LogP contribution >= 0.6 is 0 Å². The number of hydrogen-bond donors (Lipinski definition) is 0. The van der Waals surface area contributed by atoms with Crippen molar-refractivity contribution in [3.63, 3.8) is 0 Å². The van der Waals surface area contributed by atoms with Gasteiger partial charge in [0.15, 0.2) is 9.84 Å². The van der Waals surface area contributed by atoms with Crippen molar-refractivity contribution in [1.82, 2.24) is 4.90 Å². The molecular weight excluding hydrogens is 338 g/mol. The first kappa shape index (κ1) is 17.5. The first-order valence-electron chi connectivity index (χ1n) is 8.18. The van der Waals surface area contributed by atoms with Gasteiger partial charge in [0.2, 0.25) is 0 Å². The molecule has 0 bridgehead atoms. The summed E-state index contributed by atoms with van der Waals surface area (Å²) in [5.74, 6) is 0.721. The Morgan fingerprint density at radius 1 is 1.16 bits per heavy atom. The van der Waals surface area contributed by atoms with Crippen molar-refractivity contribution in [3.05, 3.63) is 65.7 Å². The predicted octanol–water partition coefficient (Wildman–Crippen LogP) is 2.52. The summed E-state index contributed by atoms with van der Waals surface area (Å²) in [6, 6.07) is 16.2. The van der Waals surface area contributed by atoms with Crippen molar-refractivity contribution in [2.75, 3.05) is 18.6 Å². The van der Waals surface area contributed by atoms with Crippen LogP contribution in [0.2, 0.25) is 0 Å².